The Morgan fingerprint density at radius 2 is 1.85 bits per heavy atom. The number of carbonyl (C=O) groups excluding carboxylic acids is 1. The lowest BCUT2D eigenvalue weighted by Gasteiger charge is -2.08. The van der Waals surface area contributed by atoms with E-state index in [1.807, 2.05) is 0 Å². The summed E-state index contributed by atoms with van der Waals surface area (Å²) in [5.74, 6) is -0.0917. The summed E-state index contributed by atoms with van der Waals surface area (Å²) in [6, 6.07) is 4.63. The van der Waals surface area contributed by atoms with Crippen molar-refractivity contribution in [3.05, 3.63) is 23.8 Å². The molecular formula is C16H24O4. The van der Waals surface area contributed by atoms with Crippen LogP contribution < -0.4 is 4.74 Å². The number of ether oxygens (including phenoxy) is 2. The summed E-state index contributed by atoms with van der Waals surface area (Å²) >= 11 is 0. The first kappa shape index (κ1) is 16.3. The molecule has 0 aliphatic rings. The Hall–Kier alpha value is -1.71. The smallest absolute Gasteiger partial charge is 0.341 e. The number of phenols is 1. The van der Waals surface area contributed by atoms with Crippen LogP contribution in [0.4, 0.5) is 0 Å². The van der Waals surface area contributed by atoms with E-state index < -0.39 is 5.97 Å². The number of carbonyl (C=O) groups is 1. The molecule has 1 rings (SSSR count). The molecule has 0 bridgehead atoms. The normalized spacial score (nSPS) is 10.3. The molecule has 0 saturated carbocycles. The van der Waals surface area contributed by atoms with E-state index in [0.717, 1.165) is 12.8 Å². The molecule has 112 valence electrons. The summed E-state index contributed by atoms with van der Waals surface area (Å²) < 4.78 is 10.1. The third-order valence-electron chi connectivity index (χ3n) is 3.14. The molecule has 0 spiro atoms. The van der Waals surface area contributed by atoms with Gasteiger partial charge in [0.2, 0.25) is 0 Å². The van der Waals surface area contributed by atoms with Crippen LogP contribution >= 0.6 is 0 Å². The average Bonchev–Trinajstić information content (AvgIpc) is 2.45. The monoisotopic (exact) mass is 280 g/mol. The quantitative estimate of drug-likeness (QED) is 0.550. The number of phenolic OH excluding ortho intramolecular Hbond substituents is 1. The molecule has 20 heavy (non-hydrogen) atoms. The van der Waals surface area contributed by atoms with Crippen molar-refractivity contribution in [2.75, 3.05) is 13.7 Å². The average molecular weight is 280 g/mol. The summed E-state index contributed by atoms with van der Waals surface area (Å²) in [4.78, 5) is 11.3. The predicted molar refractivity (Wildman–Crippen MR) is 78.3 cm³/mol. The van der Waals surface area contributed by atoms with Gasteiger partial charge in [0.25, 0.3) is 0 Å². The van der Waals surface area contributed by atoms with Crippen molar-refractivity contribution in [1.82, 2.24) is 0 Å². The van der Waals surface area contributed by atoms with Gasteiger partial charge in [-0.2, -0.15) is 0 Å². The minimum Gasteiger partial charge on any atom is -0.507 e. The zero-order valence-corrected chi connectivity index (χ0v) is 12.4. The standard InChI is InChI=1S/C16H24O4/c1-3-4-5-6-7-8-11-20-13-9-10-14(15(17)12-13)16(18)19-2/h9-10,12,17H,3-8,11H2,1-2H3. The summed E-state index contributed by atoms with van der Waals surface area (Å²) in [5, 5.41) is 9.71. The molecule has 0 amide bonds. The van der Waals surface area contributed by atoms with Gasteiger partial charge >= 0.3 is 5.97 Å². The number of unbranched alkanes of at least 4 members (excludes halogenated alkanes) is 5. The number of esters is 1. The van der Waals surface area contributed by atoms with Crippen LogP contribution in [-0.4, -0.2) is 24.8 Å². The second-order valence-electron chi connectivity index (χ2n) is 4.79. The zero-order valence-electron chi connectivity index (χ0n) is 12.4. The lowest BCUT2D eigenvalue weighted by molar-refractivity contribution is 0.0597. The maximum atomic E-state index is 11.3. The lowest BCUT2D eigenvalue weighted by Crippen LogP contribution is -2.02. The predicted octanol–water partition coefficient (Wildman–Crippen LogP) is 3.92. The van der Waals surface area contributed by atoms with Gasteiger partial charge in [0.1, 0.15) is 17.1 Å². The Kier molecular flexibility index (Phi) is 7.55. The maximum Gasteiger partial charge on any atom is 0.341 e. The van der Waals surface area contributed by atoms with Crippen molar-refractivity contribution < 1.29 is 19.4 Å². The first-order valence-electron chi connectivity index (χ1n) is 7.23. The van der Waals surface area contributed by atoms with Crippen LogP contribution in [0.25, 0.3) is 0 Å². The molecule has 0 saturated heterocycles. The fourth-order valence-corrected chi connectivity index (χ4v) is 1.96. The van der Waals surface area contributed by atoms with Crippen molar-refractivity contribution in [3.63, 3.8) is 0 Å². The van der Waals surface area contributed by atoms with Gasteiger partial charge in [-0.05, 0) is 18.6 Å². The Morgan fingerprint density at radius 3 is 2.50 bits per heavy atom. The highest BCUT2D eigenvalue weighted by Gasteiger charge is 2.11. The SMILES string of the molecule is CCCCCCCCOc1ccc(C(=O)OC)c(O)c1. The molecule has 0 aliphatic heterocycles. The number of methoxy groups -OCH3 is 1. The number of hydrogen-bond acceptors (Lipinski definition) is 4. The van der Waals surface area contributed by atoms with Crippen molar-refractivity contribution in [2.24, 2.45) is 0 Å². The van der Waals surface area contributed by atoms with Crippen molar-refractivity contribution in [3.8, 4) is 11.5 Å². The Balaban J connectivity index is 2.31. The van der Waals surface area contributed by atoms with Crippen molar-refractivity contribution in [2.45, 2.75) is 45.4 Å². The van der Waals surface area contributed by atoms with Gasteiger partial charge in [-0.15, -0.1) is 0 Å². The van der Waals surface area contributed by atoms with E-state index in [1.165, 1.54) is 44.9 Å². The van der Waals surface area contributed by atoms with Crippen LogP contribution in [0.2, 0.25) is 0 Å². The van der Waals surface area contributed by atoms with E-state index in [0.29, 0.717) is 12.4 Å². The third-order valence-corrected chi connectivity index (χ3v) is 3.14. The fraction of sp³-hybridized carbons (Fsp3) is 0.562. The molecular weight excluding hydrogens is 256 g/mol. The van der Waals surface area contributed by atoms with Gasteiger partial charge in [-0.3, -0.25) is 0 Å². The number of rotatable bonds is 9. The molecule has 0 aromatic heterocycles. The van der Waals surface area contributed by atoms with Crippen LogP contribution in [0.5, 0.6) is 11.5 Å². The fourth-order valence-electron chi connectivity index (χ4n) is 1.96. The number of benzene rings is 1. The molecule has 1 aromatic carbocycles. The van der Waals surface area contributed by atoms with E-state index in [-0.39, 0.29) is 11.3 Å². The zero-order chi connectivity index (χ0) is 14.8. The minimum atomic E-state index is -0.551. The van der Waals surface area contributed by atoms with Crippen LogP contribution in [0.1, 0.15) is 55.8 Å². The van der Waals surface area contributed by atoms with Gasteiger partial charge in [0, 0.05) is 6.07 Å². The molecule has 0 aliphatic carbocycles. The van der Waals surface area contributed by atoms with Gasteiger partial charge in [-0.1, -0.05) is 39.0 Å². The molecule has 4 heteroatoms. The molecule has 1 aromatic rings. The van der Waals surface area contributed by atoms with Gasteiger partial charge < -0.3 is 14.6 Å². The molecule has 1 N–H and O–H groups in total. The van der Waals surface area contributed by atoms with Gasteiger partial charge in [0.15, 0.2) is 0 Å². The lowest BCUT2D eigenvalue weighted by atomic mass is 10.1. The van der Waals surface area contributed by atoms with Crippen LogP contribution in [0.3, 0.4) is 0 Å². The van der Waals surface area contributed by atoms with Gasteiger partial charge in [0.05, 0.1) is 13.7 Å². The highest BCUT2D eigenvalue weighted by Crippen LogP contribution is 2.24. The van der Waals surface area contributed by atoms with E-state index in [9.17, 15) is 9.90 Å². The van der Waals surface area contributed by atoms with E-state index >= 15 is 0 Å². The topological polar surface area (TPSA) is 55.8 Å². The molecule has 0 heterocycles. The second-order valence-corrected chi connectivity index (χ2v) is 4.79. The summed E-state index contributed by atoms with van der Waals surface area (Å²) in [7, 11) is 1.28. The molecule has 0 fully saturated rings. The highest BCUT2D eigenvalue weighted by molar-refractivity contribution is 5.92. The van der Waals surface area contributed by atoms with Crippen LogP contribution in [-0.2, 0) is 4.74 Å². The van der Waals surface area contributed by atoms with E-state index in [2.05, 4.69) is 11.7 Å². The first-order valence-corrected chi connectivity index (χ1v) is 7.23. The number of aromatic hydroxyl groups is 1. The first-order chi connectivity index (χ1) is 9.69. The summed E-state index contributed by atoms with van der Waals surface area (Å²) in [6.45, 7) is 2.83. The minimum absolute atomic E-state index is 0.114. The molecule has 0 unspecified atom stereocenters. The third kappa shape index (κ3) is 5.51. The molecule has 0 atom stereocenters. The van der Waals surface area contributed by atoms with E-state index in [1.54, 1.807) is 6.07 Å². The highest BCUT2D eigenvalue weighted by atomic mass is 16.5. The van der Waals surface area contributed by atoms with Crippen molar-refractivity contribution >= 4 is 5.97 Å². The van der Waals surface area contributed by atoms with Crippen LogP contribution in [0.15, 0.2) is 18.2 Å². The second kappa shape index (κ2) is 9.23. The molecule has 0 radical (unpaired) electrons. The number of hydrogen-bond donors (Lipinski definition) is 1. The maximum absolute atomic E-state index is 11.3. The van der Waals surface area contributed by atoms with E-state index in [4.69, 9.17) is 4.74 Å². The Morgan fingerprint density at radius 1 is 1.15 bits per heavy atom. The summed E-state index contributed by atoms with van der Waals surface area (Å²) in [6.07, 6.45) is 7.23. The largest absolute Gasteiger partial charge is 0.507 e. The molecule has 4 nitrogen and oxygen atoms in total. The Bertz CT molecular complexity index is 415. The van der Waals surface area contributed by atoms with Crippen molar-refractivity contribution in [1.29, 1.82) is 0 Å². The summed E-state index contributed by atoms with van der Waals surface area (Å²) in [5.41, 5.74) is 0.152. The van der Waals surface area contributed by atoms with Gasteiger partial charge in [-0.25, -0.2) is 4.79 Å². The van der Waals surface area contributed by atoms with Crippen LogP contribution in [0, 0.1) is 0 Å². The Labute approximate surface area is 120 Å².